The smallest absolute Gasteiger partial charge is 0.346 e. The monoisotopic (exact) mass is 514 g/mol. The minimum absolute atomic E-state index is 0.270. The molecule has 4 aromatic rings. The lowest BCUT2D eigenvalue weighted by Gasteiger charge is -2.33. The van der Waals surface area contributed by atoms with Gasteiger partial charge in [-0.05, 0) is 89.8 Å². The number of fused-ring (bicyclic) bond motifs is 7. The van der Waals surface area contributed by atoms with E-state index in [0.29, 0.717) is 17.5 Å². The highest BCUT2D eigenvalue weighted by Gasteiger charge is 2.55. The molecule has 2 saturated carbocycles. The van der Waals surface area contributed by atoms with Gasteiger partial charge < -0.3 is 10.0 Å². The third kappa shape index (κ3) is 3.68. The second kappa shape index (κ2) is 9.01. The molecule has 1 N–H and O–H groups in total. The molecule has 0 saturated heterocycles. The Morgan fingerprint density at radius 1 is 0.895 bits per heavy atom. The number of carbonyl (C=O) groups is 1. The van der Waals surface area contributed by atoms with E-state index in [9.17, 15) is 4.79 Å². The minimum atomic E-state index is -1.21. The van der Waals surface area contributed by atoms with Crippen LogP contribution in [0.15, 0.2) is 90.5 Å². The molecule has 4 nitrogen and oxygen atoms in total. The summed E-state index contributed by atoms with van der Waals surface area (Å²) in [6.07, 6.45) is 5.52. The van der Waals surface area contributed by atoms with Gasteiger partial charge in [0.05, 0.1) is 0 Å². The average molecular weight is 515 g/mol. The first-order valence-electron chi connectivity index (χ1n) is 13.1. The van der Waals surface area contributed by atoms with Gasteiger partial charge in [0.25, 0.3) is 0 Å². The van der Waals surface area contributed by atoms with Crippen LogP contribution in [0.3, 0.4) is 0 Å². The van der Waals surface area contributed by atoms with E-state index in [1.807, 2.05) is 24.3 Å². The molecule has 0 radical (unpaired) electrons. The molecular formula is C33H26N2O2S. The van der Waals surface area contributed by atoms with Crippen LogP contribution in [0.1, 0.15) is 36.3 Å². The lowest BCUT2D eigenvalue weighted by atomic mass is 9.82. The van der Waals surface area contributed by atoms with Crippen molar-refractivity contribution in [1.29, 1.82) is 5.26 Å². The van der Waals surface area contributed by atoms with Crippen molar-refractivity contribution in [2.24, 2.45) is 11.8 Å². The van der Waals surface area contributed by atoms with Crippen LogP contribution in [0, 0.1) is 23.2 Å². The van der Waals surface area contributed by atoms with Gasteiger partial charge in [0, 0.05) is 33.1 Å². The molecule has 2 aliphatic carbocycles. The van der Waals surface area contributed by atoms with E-state index in [1.165, 1.54) is 47.2 Å². The van der Waals surface area contributed by atoms with Crippen molar-refractivity contribution in [3.8, 4) is 27.0 Å². The van der Waals surface area contributed by atoms with Crippen LogP contribution >= 0.6 is 11.3 Å². The molecule has 2 fully saturated rings. The molecule has 2 bridgehead atoms. The molecule has 3 aromatic carbocycles. The number of rotatable bonds is 5. The zero-order valence-corrected chi connectivity index (χ0v) is 21.6. The number of benzene rings is 3. The predicted molar refractivity (Wildman–Crippen MR) is 152 cm³/mol. The van der Waals surface area contributed by atoms with Crippen LogP contribution in [-0.2, 0) is 4.79 Å². The van der Waals surface area contributed by atoms with E-state index >= 15 is 0 Å². The molecule has 186 valence electrons. The Hall–Kier alpha value is -4.14. The predicted octanol–water partition coefficient (Wildman–Crippen LogP) is 8.11. The van der Waals surface area contributed by atoms with Crippen LogP contribution in [0.2, 0.25) is 0 Å². The van der Waals surface area contributed by atoms with E-state index in [-0.39, 0.29) is 5.57 Å². The summed E-state index contributed by atoms with van der Waals surface area (Å²) in [5.41, 5.74) is 6.94. The molecule has 7 rings (SSSR count). The standard InChI is InChI=1S/C33H26N2O2S/c34-19-25(33(36)37)17-20-5-7-21(8-6-20)29-15-16-30(38-29)22-11-13-26(14-12-22)35-28-4-2-1-3-27(28)31-23-9-10-24(18-23)32(31)35/h1-8,11-17,23-24,31-32H,9-10,18H2,(H,36,37)/b25-17+/t23-,24?,31?,32?/m0/s1. The number of anilines is 2. The Morgan fingerprint density at radius 2 is 1.55 bits per heavy atom. The Balaban J connectivity index is 1.14. The molecule has 2 heterocycles. The van der Waals surface area contributed by atoms with E-state index in [4.69, 9.17) is 10.4 Å². The summed E-state index contributed by atoms with van der Waals surface area (Å²) in [7, 11) is 0. The van der Waals surface area contributed by atoms with E-state index in [1.54, 1.807) is 23.0 Å². The molecule has 38 heavy (non-hydrogen) atoms. The number of aliphatic carboxylic acids is 1. The van der Waals surface area contributed by atoms with Crippen LogP contribution in [0.25, 0.3) is 27.0 Å². The van der Waals surface area contributed by atoms with E-state index in [2.05, 4.69) is 65.6 Å². The first kappa shape index (κ1) is 23.0. The van der Waals surface area contributed by atoms with Gasteiger partial charge in [0.1, 0.15) is 11.6 Å². The van der Waals surface area contributed by atoms with Crippen LogP contribution in [-0.4, -0.2) is 17.1 Å². The highest BCUT2D eigenvalue weighted by atomic mass is 32.1. The quantitative estimate of drug-likeness (QED) is 0.216. The van der Waals surface area contributed by atoms with Gasteiger partial charge in [-0.2, -0.15) is 5.26 Å². The topological polar surface area (TPSA) is 64.3 Å². The summed E-state index contributed by atoms with van der Waals surface area (Å²) in [6, 6.07) is 32.4. The second-order valence-corrected chi connectivity index (χ2v) is 11.7. The van der Waals surface area contributed by atoms with E-state index < -0.39 is 5.97 Å². The maximum Gasteiger partial charge on any atom is 0.346 e. The molecule has 1 aromatic heterocycles. The third-order valence-corrected chi connectivity index (χ3v) is 9.80. The highest BCUT2D eigenvalue weighted by Crippen LogP contribution is 2.62. The maximum absolute atomic E-state index is 11.1. The van der Waals surface area contributed by atoms with Crippen LogP contribution < -0.4 is 4.90 Å². The highest BCUT2D eigenvalue weighted by molar-refractivity contribution is 7.18. The van der Waals surface area contributed by atoms with Gasteiger partial charge in [-0.15, -0.1) is 11.3 Å². The fourth-order valence-corrected chi connectivity index (χ4v) is 8.03. The van der Waals surface area contributed by atoms with Gasteiger partial charge >= 0.3 is 5.97 Å². The summed E-state index contributed by atoms with van der Waals surface area (Å²) in [4.78, 5) is 16.1. The summed E-state index contributed by atoms with van der Waals surface area (Å²) >= 11 is 1.74. The van der Waals surface area contributed by atoms with E-state index in [0.717, 1.165) is 22.3 Å². The summed E-state index contributed by atoms with van der Waals surface area (Å²) < 4.78 is 0. The van der Waals surface area contributed by atoms with Crippen molar-refractivity contribution in [3.05, 3.63) is 102 Å². The molecule has 5 heteroatoms. The third-order valence-electron chi connectivity index (χ3n) is 8.62. The molecular weight excluding hydrogens is 488 g/mol. The minimum Gasteiger partial charge on any atom is -0.477 e. The van der Waals surface area contributed by atoms with Gasteiger partial charge in [0.15, 0.2) is 0 Å². The number of para-hydroxylation sites is 1. The van der Waals surface area contributed by atoms with Gasteiger partial charge in [-0.25, -0.2) is 4.79 Å². The molecule has 3 aliphatic rings. The zero-order valence-electron chi connectivity index (χ0n) is 20.7. The Labute approximate surface area is 226 Å². The number of hydrogen-bond donors (Lipinski definition) is 1. The van der Waals surface area contributed by atoms with Crippen molar-refractivity contribution in [3.63, 3.8) is 0 Å². The fourth-order valence-electron chi connectivity index (χ4n) is 7.02. The summed E-state index contributed by atoms with van der Waals surface area (Å²) in [6.45, 7) is 0. The SMILES string of the molecule is N#C/C(=C\c1ccc(-c2ccc(-c3ccc(N4c5ccccc5C5C4C4CC[C@H]5C4)cc3)s2)cc1)C(=O)O. The van der Waals surface area contributed by atoms with Crippen molar-refractivity contribution >= 4 is 34.8 Å². The second-order valence-electron chi connectivity index (χ2n) is 10.6. The first-order chi connectivity index (χ1) is 18.6. The Kier molecular flexibility index (Phi) is 5.45. The van der Waals surface area contributed by atoms with Crippen LogP contribution in [0.4, 0.5) is 11.4 Å². The maximum atomic E-state index is 11.1. The summed E-state index contributed by atoms with van der Waals surface area (Å²) in [5, 5.41) is 18.1. The van der Waals surface area contributed by atoms with Crippen molar-refractivity contribution in [2.45, 2.75) is 31.2 Å². The van der Waals surface area contributed by atoms with Crippen molar-refractivity contribution in [2.75, 3.05) is 4.90 Å². The van der Waals surface area contributed by atoms with Gasteiger partial charge in [-0.3, -0.25) is 0 Å². The molecule has 0 amide bonds. The lowest BCUT2D eigenvalue weighted by Crippen LogP contribution is -2.35. The molecule has 1 aliphatic heterocycles. The van der Waals surface area contributed by atoms with Gasteiger partial charge in [0.2, 0.25) is 0 Å². The largest absolute Gasteiger partial charge is 0.477 e. The normalized spacial score (nSPS) is 23.2. The Morgan fingerprint density at radius 3 is 2.24 bits per heavy atom. The number of nitriles is 1. The van der Waals surface area contributed by atoms with Gasteiger partial charge in [-0.1, -0.05) is 54.6 Å². The zero-order chi connectivity index (χ0) is 25.8. The number of nitrogens with zero attached hydrogens (tertiary/aromatic N) is 2. The first-order valence-corrected chi connectivity index (χ1v) is 14.0. The molecule has 4 atom stereocenters. The fraction of sp³-hybridized carbons (Fsp3) is 0.212. The Bertz CT molecular complexity index is 1610. The number of carboxylic acids is 1. The number of thiophene rings is 1. The lowest BCUT2D eigenvalue weighted by molar-refractivity contribution is -0.132. The molecule has 3 unspecified atom stereocenters. The summed E-state index contributed by atoms with van der Waals surface area (Å²) in [5.74, 6) is 1.11. The molecule has 0 spiro atoms. The van der Waals surface area contributed by atoms with Crippen molar-refractivity contribution < 1.29 is 9.90 Å². The number of carboxylic acid groups (broad SMARTS) is 1. The van der Waals surface area contributed by atoms with Crippen molar-refractivity contribution in [1.82, 2.24) is 0 Å². The number of hydrogen-bond acceptors (Lipinski definition) is 4. The average Bonchev–Trinajstić information content (AvgIpc) is 3.74. The van der Waals surface area contributed by atoms with Crippen LogP contribution in [0.5, 0.6) is 0 Å².